The summed E-state index contributed by atoms with van der Waals surface area (Å²) in [6, 6.07) is 6.78. The van der Waals surface area contributed by atoms with E-state index in [1.54, 1.807) is 18.2 Å². The lowest BCUT2D eigenvalue weighted by Gasteiger charge is -2.15. The normalized spacial score (nSPS) is 12.2. The molecule has 20 heavy (non-hydrogen) atoms. The first-order valence-electron chi connectivity index (χ1n) is 6.80. The number of nitrogens with two attached hydrogens (primary N) is 1. The molecule has 110 valence electrons. The van der Waals surface area contributed by atoms with Crippen LogP contribution in [0.5, 0.6) is 0 Å². The van der Waals surface area contributed by atoms with Gasteiger partial charge in [-0.05, 0) is 30.5 Å². The van der Waals surface area contributed by atoms with Crippen molar-refractivity contribution in [2.45, 2.75) is 33.4 Å². The van der Waals surface area contributed by atoms with Gasteiger partial charge in [0.2, 0.25) is 11.8 Å². The van der Waals surface area contributed by atoms with Crippen LogP contribution < -0.4 is 16.4 Å². The molecule has 4 N–H and O–H groups in total. The van der Waals surface area contributed by atoms with Gasteiger partial charge < -0.3 is 16.4 Å². The molecule has 1 aromatic rings. The van der Waals surface area contributed by atoms with Gasteiger partial charge in [0.05, 0.1) is 6.04 Å². The van der Waals surface area contributed by atoms with Gasteiger partial charge in [0.25, 0.3) is 0 Å². The zero-order valence-corrected chi connectivity index (χ0v) is 12.3. The van der Waals surface area contributed by atoms with Gasteiger partial charge in [0.1, 0.15) is 0 Å². The Morgan fingerprint density at radius 3 is 2.55 bits per heavy atom. The molecule has 0 saturated carbocycles. The number of amides is 2. The van der Waals surface area contributed by atoms with Gasteiger partial charge in [0, 0.05) is 18.7 Å². The summed E-state index contributed by atoms with van der Waals surface area (Å²) in [4.78, 5) is 22.9. The zero-order valence-electron chi connectivity index (χ0n) is 12.3. The lowest BCUT2D eigenvalue weighted by atomic mass is 10.1. The second-order valence-electron chi connectivity index (χ2n) is 5.31. The van der Waals surface area contributed by atoms with Crippen molar-refractivity contribution in [3.8, 4) is 0 Å². The van der Waals surface area contributed by atoms with E-state index in [9.17, 15) is 9.59 Å². The summed E-state index contributed by atoms with van der Waals surface area (Å²) in [6.45, 7) is 7.09. The number of hydrogen-bond acceptors (Lipinski definition) is 3. The molecule has 1 rings (SSSR count). The maximum Gasteiger partial charge on any atom is 0.248 e. The third-order valence-corrected chi connectivity index (χ3v) is 2.90. The number of carbonyl (C=O) groups excluding carboxylic acids is 2. The molecular formula is C15H23N3O2. The van der Waals surface area contributed by atoms with Gasteiger partial charge in [-0.1, -0.05) is 26.0 Å². The molecular weight excluding hydrogens is 254 g/mol. The Hall–Kier alpha value is -1.88. The highest BCUT2D eigenvalue weighted by atomic mass is 16.2. The predicted molar refractivity (Wildman–Crippen MR) is 79.1 cm³/mol. The summed E-state index contributed by atoms with van der Waals surface area (Å²) in [6.07, 6.45) is 0. The molecule has 0 spiro atoms. The van der Waals surface area contributed by atoms with E-state index in [1.165, 1.54) is 0 Å². The largest absolute Gasteiger partial charge is 0.366 e. The van der Waals surface area contributed by atoms with E-state index in [4.69, 9.17) is 5.73 Å². The molecule has 0 bridgehead atoms. The fraction of sp³-hybridized carbons (Fsp3) is 0.467. The number of rotatable bonds is 7. The van der Waals surface area contributed by atoms with Crippen molar-refractivity contribution in [2.75, 3.05) is 6.54 Å². The minimum atomic E-state index is -0.449. The number of benzene rings is 1. The first-order chi connectivity index (χ1) is 9.40. The third-order valence-electron chi connectivity index (χ3n) is 2.90. The van der Waals surface area contributed by atoms with Crippen molar-refractivity contribution < 1.29 is 9.59 Å². The highest BCUT2D eigenvalue weighted by Gasteiger charge is 2.12. The fourth-order valence-electron chi connectivity index (χ4n) is 1.66. The van der Waals surface area contributed by atoms with E-state index in [1.807, 2.05) is 26.8 Å². The Kier molecular flexibility index (Phi) is 6.18. The van der Waals surface area contributed by atoms with Gasteiger partial charge in [-0.25, -0.2) is 0 Å². The van der Waals surface area contributed by atoms with Crippen LogP contribution in [-0.2, 0) is 11.3 Å². The van der Waals surface area contributed by atoms with E-state index >= 15 is 0 Å². The van der Waals surface area contributed by atoms with Gasteiger partial charge in [0.15, 0.2) is 0 Å². The van der Waals surface area contributed by atoms with Gasteiger partial charge in [-0.15, -0.1) is 0 Å². The highest BCUT2D eigenvalue weighted by Crippen LogP contribution is 2.04. The molecule has 0 aromatic heterocycles. The number of nitrogens with one attached hydrogen (secondary N) is 2. The number of primary amides is 1. The van der Waals surface area contributed by atoms with Crippen LogP contribution in [0.25, 0.3) is 0 Å². The van der Waals surface area contributed by atoms with E-state index in [0.717, 1.165) is 5.56 Å². The average Bonchev–Trinajstić information content (AvgIpc) is 2.42. The van der Waals surface area contributed by atoms with Crippen LogP contribution in [0, 0.1) is 5.92 Å². The van der Waals surface area contributed by atoms with Gasteiger partial charge >= 0.3 is 0 Å². The van der Waals surface area contributed by atoms with Crippen molar-refractivity contribution in [1.29, 1.82) is 0 Å². The SMILES string of the molecule is CC(C)CNC(=O)C(C)NCc1cccc(C(N)=O)c1. The summed E-state index contributed by atoms with van der Waals surface area (Å²) in [5.74, 6) is -0.0438. The molecule has 0 heterocycles. The minimum Gasteiger partial charge on any atom is -0.366 e. The van der Waals surface area contributed by atoms with Crippen LogP contribution in [0.15, 0.2) is 24.3 Å². The van der Waals surface area contributed by atoms with Crippen LogP contribution in [-0.4, -0.2) is 24.4 Å². The summed E-state index contributed by atoms with van der Waals surface area (Å²) in [5, 5.41) is 6.00. The lowest BCUT2D eigenvalue weighted by Crippen LogP contribution is -2.42. The van der Waals surface area contributed by atoms with Gasteiger partial charge in [-0.2, -0.15) is 0 Å². The molecule has 2 amide bonds. The second-order valence-corrected chi connectivity index (χ2v) is 5.31. The maximum absolute atomic E-state index is 11.8. The van der Waals surface area contributed by atoms with E-state index in [0.29, 0.717) is 24.6 Å². The number of carbonyl (C=O) groups is 2. The van der Waals surface area contributed by atoms with Crippen LogP contribution in [0.4, 0.5) is 0 Å². The molecule has 1 atom stereocenters. The smallest absolute Gasteiger partial charge is 0.248 e. The standard InChI is InChI=1S/C15H23N3O2/c1-10(2)8-18-15(20)11(3)17-9-12-5-4-6-13(7-12)14(16)19/h4-7,10-11,17H,8-9H2,1-3H3,(H2,16,19)(H,18,20). The summed E-state index contributed by atoms with van der Waals surface area (Å²) >= 11 is 0. The first kappa shape index (κ1) is 16.2. The predicted octanol–water partition coefficient (Wildman–Crippen LogP) is 1.04. The van der Waals surface area contributed by atoms with E-state index < -0.39 is 5.91 Å². The molecule has 0 aliphatic carbocycles. The first-order valence-corrected chi connectivity index (χ1v) is 6.80. The molecule has 5 nitrogen and oxygen atoms in total. The Bertz CT molecular complexity index is 472. The summed E-state index contributed by atoms with van der Waals surface area (Å²) < 4.78 is 0. The molecule has 0 saturated heterocycles. The third kappa shape index (κ3) is 5.40. The minimum absolute atomic E-state index is 0.0234. The Morgan fingerprint density at radius 1 is 1.25 bits per heavy atom. The molecule has 0 aliphatic rings. The quantitative estimate of drug-likeness (QED) is 0.696. The Morgan fingerprint density at radius 2 is 1.95 bits per heavy atom. The second kappa shape index (κ2) is 7.65. The van der Waals surface area contributed by atoms with Crippen molar-refractivity contribution in [1.82, 2.24) is 10.6 Å². The van der Waals surface area contributed by atoms with Crippen LogP contribution in [0.3, 0.4) is 0 Å². The lowest BCUT2D eigenvalue weighted by molar-refractivity contribution is -0.122. The van der Waals surface area contributed by atoms with Crippen LogP contribution in [0.1, 0.15) is 36.7 Å². The topological polar surface area (TPSA) is 84.2 Å². The number of hydrogen-bond donors (Lipinski definition) is 3. The van der Waals surface area contributed by atoms with Crippen molar-refractivity contribution in [3.63, 3.8) is 0 Å². The maximum atomic E-state index is 11.8. The molecule has 1 aromatic carbocycles. The van der Waals surface area contributed by atoms with Crippen molar-refractivity contribution in [2.24, 2.45) is 11.7 Å². The van der Waals surface area contributed by atoms with E-state index in [2.05, 4.69) is 10.6 Å². The van der Waals surface area contributed by atoms with E-state index in [-0.39, 0.29) is 11.9 Å². The molecule has 5 heteroatoms. The Balaban J connectivity index is 2.48. The fourth-order valence-corrected chi connectivity index (χ4v) is 1.66. The Labute approximate surface area is 119 Å². The zero-order chi connectivity index (χ0) is 15.1. The van der Waals surface area contributed by atoms with Gasteiger partial charge in [-0.3, -0.25) is 9.59 Å². The molecule has 0 radical (unpaired) electrons. The van der Waals surface area contributed by atoms with Crippen LogP contribution in [0.2, 0.25) is 0 Å². The molecule has 0 aliphatic heterocycles. The average molecular weight is 277 g/mol. The van der Waals surface area contributed by atoms with Crippen LogP contribution >= 0.6 is 0 Å². The summed E-state index contributed by atoms with van der Waals surface area (Å²) in [7, 11) is 0. The van der Waals surface area contributed by atoms with Crippen molar-refractivity contribution in [3.05, 3.63) is 35.4 Å². The van der Waals surface area contributed by atoms with Crippen molar-refractivity contribution >= 4 is 11.8 Å². The molecule has 0 fully saturated rings. The highest BCUT2D eigenvalue weighted by molar-refractivity contribution is 5.92. The summed E-state index contributed by atoms with van der Waals surface area (Å²) in [5.41, 5.74) is 6.63. The molecule has 1 unspecified atom stereocenters. The monoisotopic (exact) mass is 277 g/mol.